The molecule has 0 heterocycles. The zero-order valence-electron chi connectivity index (χ0n) is 9.32. The van der Waals surface area contributed by atoms with Crippen molar-refractivity contribution in [1.82, 2.24) is 5.32 Å². The maximum absolute atomic E-state index is 4.70. The van der Waals surface area contributed by atoms with Crippen LogP contribution in [0.15, 0.2) is 36.4 Å². The third-order valence-corrected chi connectivity index (χ3v) is 2.86. The Hall–Kier alpha value is -1.08. The van der Waals surface area contributed by atoms with Gasteiger partial charge in [0.2, 0.25) is 0 Å². The zero-order valence-corrected chi connectivity index (χ0v) is 9.32. The minimum atomic E-state index is 0.458. The summed E-state index contributed by atoms with van der Waals surface area (Å²) in [6.07, 6.45) is 8.25. The molecule has 0 bridgehead atoms. The fraction of sp³-hybridized carbons (Fsp3) is 0.429. The number of aryl methyl sites for hydroxylation is 1. The van der Waals surface area contributed by atoms with Crippen LogP contribution in [-0.2, 0) is 6.54 Å². The van der Waals surface area contributed by atoms with Crippen LogP contribution in [0.3, 0.4) is 0 Å². The summed E-state index contributed by atoms with van der Waals surface area (Å²) in [7, 11) is 0. The van der Waals surface area contributed by atoms with E-state index in [2.05, 4.69) is 43.3 Å². The topological polar surface area (TPSA) is 14.1 Å². The van der Waals surface area contributed by atoms with E-state index in [0.717, 1.165) is 6.54 Å². The molecule has 0 spiro atoms. The molecule has 0 saturated heterocycles. The normalized spacial score (nSPS) is 20.5. The van der Waals surface area contributed by atoms with Crippen molar-refractivity contribution >= 4 is 0 Å². The van der Waals surface area contributed by atoms with E-state index < -0.39 is 0 Å². The summed E-state index contributed by atoms with van der Waals surface area (Å²) in [6, 6.07) is 9.11. The van der Waals surface area contributed by atoms with Crippen LogP contribution >= 0.6 is 0 Å². The van der Waals surface area contributed by atoms with Gasteiger partial charge in [0, 0.05) is 12.6 Å². The number of hydrogen-bond donors (Lipinski definition) is 0. The highest BCUT2D eigenvalue weighted by molar-refractivity contribution is 5.21. The molecule has 1 radical (unpaired) electrons. The van der Waals surface area contributed by atoms with Gasteiger partial charge >= 0.3 is 0 Å². The van der Waals surface area contributed by atoms with E-state index in [-0.39, 0.29) is 0 Å². The summed E-state index contributed by atoms with van der Waals surface area (Å²) >= 11 is 0. The van der Waals surface area contributed by atoms with Crippen molar-refractivity contribution < 1.29 is 0 Å². The smallest absolute Gasteiger partial charge is 0.0430 e. The molecule has 1 unspecified atom stereocenters. The van der Waals surface area contributed by atoms with Gasteiger partial charge < -0.3 is 0 Å². The molecule has 1 aromatic rings. The molecule has 1 atom stereocenters. The molecule has 0 aliphatic heterocycles. The Balaban J connectivity index is 1.84. The fourth-order valence-corrected chi connectivity index (χ4v) is 1.86. The standard InChI is InChI=1S/C14H18N/c1-12-7-9-13(10-8-12)11-15-14-5-3-2-4-6-14/h3,5,7-10,14H,2,4,6,11H2,1H3. The second-order valence-electron chi connectivity index (χ2n) is 4.25. The van der Waals surface area contributed by atoms with Crippen LogP contribution in [0.2, 0.25) is 0 Å². The zero-order chi connectivity index (χ0) is 10.5. The Morgan fingerprint density at radius 3 is 2.73 bits per heavy atom. The molecular formula is C14H18N. The molecule has 2 rings (SSSR count). The number of nitrogens with zero attached hydrogens (tertiary/aromatic N) is 1. The lowest BCUT2D eigenvalue weighted by atomic mass is 10.0. The van der Waals surface area contributed by atoms with E-state index in [4.69, 9.17) is 5.32 Å². The Bertz CT molecular complexity index is 324. The molecule has 15 heavy (non-hydrogen) atoms. The van der Waals surface area contributed by atoms with Gasteiger partial charge in [-0.1, -0.05) is 42.0 Å². The first-order valence-corrected chi connectivity index (χ1v) is 5.73. The molecule has 0 fully saturated rings. The summed E-state index contributed by atoms with van der Waals surface area (Å²) in [4.78, 5) is 0. The fourth-order valence-electron chi connectivity index (χ4n) is 1.86. The maximum Gasteiger partial charge on any atom is 0.0430 e. The SMILES string of the molecule is Cc1ccc(C[N]C2C=CCCC2)cc1. The van der Waals surface area contributed by atoms with Crippen LogP contribution in [-0.4, -0.2) is 6.04 Å². The van der Waals surface area contributed by atoms with Gasteiger partial charge in [-0.25, -0.2) is 5.32 Å². The Morgan fingerprint density at radius 2 is 2.07 bits per heavy atom. The third-order valence-electron chi connectivity index (χ3n) is 2.86. The lowest BCUT2D eigenvalue weighted by molar-refractivity contribution is 0.512. The van der Waals surface area contributed by atoms with Gasteiger partial charge in [-0.3, -0.25) is 0 Å². The Labute approximate surface area is 92.2 Å². The van der Waals surface area contributed by atoms with Crippen molar-refractivity contribution in [2.45, 2.75) is 38.8 Å². The van der Waals surface area contributed by atoms with Gasteiger partial charge in [-0.2, -0.15) is 0 Å². The number of hydrogen-bond acceptors (Lipinski definition) is 0. The van der Waals surface area contributed by atoms with E-state index >= 15 is 0 Å². The number of benzene rings is 1. The van der Waals surface area contributed by atoms with Crippen LogP contribution in [0.5, 0.6) is 0 Å². The summed E-state index contributed by atoms with van der Waals surface area (Å²) in [5.74, 6) is 0. The first-order valence-electron chi connectivity index (χ1n) is 5.73. The van der Waals surface area contributed by atoms with E-state index in [1.54, 1.807) is 0 Å². The molecule has 1 aliphatic carbocycles. The summed E-state index contributed by atoms with van der Waals surface area (Å²) in [5, 5.41) is 4.70. The average Bonchev–Trinajstić information content (AvgIpc) is 2.30. The first-order chi connectivity index (χ1) is 7.34. The van der Waals surface area contributed by atoms with E-state index in [1.165, 1.54) is 30.4 Å². The quantitative estimate of drug-likeness (QED) is 0.665. The highest BCUT2D eigenvalue weighted by Gasteiger charge is 2.08. The van der Waals surface area contributed by atoms with Crippen LogP contribution in [0, 0.1) is 6.92 Å². The molecule has 79 valence electrons. The predicted octanol–water partition coefficient (Wildman–Crippen LogP) is 3.21. The lowest BCUT2D eigenvalue weighted by Crippen LogP contribution is -2.21. The lowest BCUT2D eigenvalue weighted by Gasteiger charge is -2.16. The van der Waals surface area contributed by atoms with Gasteiger partial charge in [-0.15, -0.1) is 0 Å². The van der Waals surface area contributed by atoms with Gasteiger partial charge in [0.15, 0.2) is 0 Å². The molecule has 1 nitrogen and oxygen atoms in total. The van der Waals surface area contributed by atoms with Gasteiger partial charge in [0.05, 0.1) is 0 Å². The molecule has 0 saturated carbocycles. The Kier molecular flexibility index (Phi) is 3.57. The summed E-state index contributed by atoms with van der Waals surface area (Å²) in [6.45, 7) is 2.97. The van der Waals surface area contributed by atoms with E-state index in [9.17, 15) is 0 Å². The first kappa shape index (κ1) is 10.4. The molecule has 1 heteroatoms. The van der Waals surface area contributed by atoms with Gasteiger partial charge in [0.1, 0.15) is 0 Å². The largest absolute Gasteiger partial charge is 0.230 e. The highest BCUT2D eigenvalue weighted by atomic mass is 14.9. The maximum atomic E-state index is 4.70. The average molecular weight is 200 g/mol. The number of allylic oxidation sites excluding steroid dienone is 1. The summed E-state index contributed by atoms with van der Waals surface area (Å²) < 4.78 is 0. The minimum absolute atomic E-state index is 0.458. The second kappa shape index (κ2) is 5.13. The van der Waals surface area contributed by atoms with Gasteiger partial charge in [-0.05, 0) is 31.7 Å². The molecule has 1 aliphatic rings. The highest BCUT2D eigenvalue weighted by Crippen LogP contribution is 2.12. The summed E-state index contributed by atoms with van der Waals surface area (Å²) in [5.41, 5.74) is 2.64. The van der Waals surface area contributed by atoms with Crippen molar-refractivity contribution in [3.63, 3.8) is 0 Å². The van der Waals surface area contributed by atoms with Crippen LogP contribution in [0.4, 0.5) is 0 Å². The van der Waals surface area contributed by atoms with Crippen molar-refractivity contribution in [1.29, 1.82) is 0 Å². The van der Waals surface area contributed by atoms with Crippen molar-refractivity contribution in [2.75, 3.05) is 0 Å². The van der Waals surface area contributed by atoms with Crippen molar-refractivity contribution in [3.05, 3.63) is 47.5 Å². The van der Waals surface area contributed by atoms with E-state index in [1.807, 2.05) is 0 Å². The van der Waals surface area contributed by atoms with Crippen LogP contribution in [0.25, 0.3) is 0 Å². The van der Waals surface area contributed by atoms with E-state index in [0.29, 0.717) is 6.04 Å². The molecule has 0 aromatic heterocycles. The molecule has 1 aromatic carbocycles. The minimum Gasteiger partial charge on any atom is -0.230 e. The van der Waals surface area contributed by atoms with Crippen molar-refractivity contribution in [3.8, 4) is 0 Å². The second-order valence-corrected chi connectivity index (χ2v) is 4.25. The molecule has 0 amide bonds. The van der Waals surface area contributed by atoms with Gasteiger partial charge in [0.25, 0.3) is 0 Å². The van der Waals surface area contributed by atoms with Crippen molar-refractivity contribution in [2.24, 2.45) is 0 Å². The monoisotopic (exact) mass is 200 g/mol. The molecular weight excluding hydrogens is 182 g/mol. The number of rotatable bonds is 3. The predicted molar refractivity (Wildman–Crippen MR) is 63.8 cm³/mol. The Morgan fingerprint density at radius 1 is 1.27 bits per heavy atom. The van der Waals surface area contributed by atoms with Crippen LogP contribution < -0.4 is 5.32 Å². The molecule has 0 N–H and O–H groups in total. The van der Waals surface area contributed by atoms with Crippen LogP contribution in [0.1, 0.15) is 30.4 Å². The third kappa shape index (κ3) is 3.21.